The number of hydrogen-bond donors (Lipinski definition) is 0. The molecule has 0 saturated carbocycles. The quantitative estimate of drug-likeness (QED) is 0.465. The van der Waals surface area contributed by atoms with Crippen molar-refractivity contribution in [2.45, 2.75) is 20.3 Å². The highest BCUT2D eigenvalue weighted by Crippen LogP contribution is 1.94. The molecule has 0 fully saturated rings. The minimum Gasteiger partial charge on any atom is -0.361 e. The van der Waals surface area contributed by atoms with Crippen molar-refractivity contribution in [3.8, 4) is 0 Å². The van der Waals surface area contributed by atoms with Gasteiger partial charge in [0.05, 0.1) is 0 Å². The Bertz CT molecular complexity index is 187. The van der Waals surface area contributed by atoms with Gasteiger partial charge in [0.25, 0.3) is 5.91 Å². The maximum Gasteiger partial charge on any atom is 0.252 e. The number of nitrogens with zero attached hydrogens (tertiary/aromatic N) is 1. The van der Waals surface area contributed by atoms with Crippen molar-refractivity contribution in [2.24, 2.45) is 0 Å². The van der Waals surface area contributed by atoms with E-state index in [4.69, 9.17) is 4.74 Å². The lowest BCUT2D eigenvalue weighted by atomic mass is 10.4. The van der Waals surface area contributed by atoms with Gasteiger partial charge in [-0.25, -0.2) is 0 Å². The fraction of sp³-hybridized carbons (Fsp3) is 0.500. The first kappa shape index (κ1) is 11.9. The third kappa shape index (κ3) is 5.20. The molecule has 0 N–H and O–H groups in total. The molecule has 13 heavy (non-hydrogen) atoms. The minimum atomic E-state index is -0.0923. The summed E-state index contributed by atoms with van der Waals surface area (Å²) in [4.78, 5) is 12.8. The molecule has 0 bridgehead atoms. The molecular formula is C10H17NO2. The van der Waals surface area contributed by atoms with Gasteiger partial charge in [-0.3, -0.25) is 9.69 Å². The van der Waals surface area contributed by atoms with E-state index < -0.39 is 0 Å². The molecule has 3 heteroatoms. The van der Waals surface area contributed by atoms with Crippen molar-refractivity contribution in [2.75, 3.05) is 13.3 Å². The third-order valence-corrected chi connectivity index (χ3v) is 1.43. The lowest BCUT2D eigenvalue weighted by molar-refractivity contribution is -0.127. The molecule has 0 rings (SSSR count). The maximum atomic E-state index is 11.3. The highest BCUT2D eigenvalue weighted by molar-refractivity contribution is 5.88. The summed E-state index contributed by atoms with van der Waals surface area (Å²) in [5.41, 5.74) is 0. The Balaban J connectivity index is 3.99. The van der Waals surface area contributed by atoms with Crippen LogP contribution in [0, 0.1) is 0 Å². The van der Waals surface area contributed by atoms with E-state index in [1.165, 1.54) is 17.2 Å². The number of ether oxygens (including phenoxy) is 1. The number of amides is 1. The van der Waals surface area contributed by atoms with Crippen molar-refractivity contribution in [3.63, 3.8) is 0 Å². The van der Waals surface area contributed by atoms with Crippen LogP contribution in [-0.4, -0.2) is 24.1 Å². The molecule has 0 spiro atoms. The number of carbonyl (C=O) groups is 1. The fourth-order valence-corrected chi connectivity index (χ4v) is 0.710. The van der Waals surface area contributed by atoms with Gasteiger partial charge in [0.1, 0.15) is 6.73 Å². The second kappa shape index (κ2) is 7.55. The van der Waals surface area contributed by atoms with Crippen molar-refractivity contribution in [1.82, 2.24) is 4.90 Å². The van der Waals surface area contributed by atoms with Crippen LogP contribution in [0.15, 0.2) is 24.9 Å². The van der Waals surface area contributed by atoms with Crippen LogP contribution in [0.5, 0.6) is 0 Å². The van der Waals surface area contributed by atoms with Gasteiger partial charge < -0.3 is 4.74 Å². The topological polar surface area (TPSA) is 29.5 Å². The number of allylic oxidation sites excluding steroid dienone is 1. The van der Waals surface area contributed by atoms with E-state index in [0.29, 0.717) is 6.61 Å². The van der Waals surface area contributed by atoms with E-state index >= 15 is 0 Å². The lowest BCUT2D eigenvalue weighted by Gasteiger charge is -2.14. The van der Waals surface area contributed by atoms with Crippen LogP contribution in [0.2, 0.25) is 0 Å². The Morgan fingerprint density at radius 3 is 2.69 bits per heavy atom. The van der Waals surface area contributed by atoms with Gasteiger partial charge in [-0.15, -0.1) is 0 Å². The van der Waals surface area contributed by atoms with E-state index in [2.05, 4.69) is 6.58 Å². The Hall–Kier alpha value is -1.09. The first-order valence-corrected chi connectivity index (χ1v) is 4.43. The molecule has 1 amide bonds. The van der Waals surface area contributed by atoms with Crippen LogP contribution < -0.4 is 0 Å². The van der Waals surface area contributed by atoms with Crippen molar-refractivity contribution >= 4 is 5.91 Å². The van der Waals surface area contributed by atoms with E-state index in [1.54, 1.807) is 0 Å². The summed E-state index contributed by atoms with van der Waals surface area (Å²) in [7, 11) is 0. The van der Waals surface area contributed by atoms with Gasteiger partial charge >= 0.3 is 0 Å². The summed E-state index contributed by atoms with van der Waals surface area (Å²) in [5, 5.41) is 0. The SMILES string of the molecule is C=CN(COCC)C(=O)/C=C\CC. The summed E-state index contributed by atoms with van der Waals surface area (Å²) in [6.07, 6.45) is 5.66. The molecule has 74 valence electrons. The average Bonchev–Trinajstić information content (AvgIpc) is 2.16. The molecule has 0 aliphatic heterocycles. The zero-order chi connectivity index (χ0) is 10.1. The Labute approximate surface area is 79.7 Å². The highest BCUT2D eigenvalue weighted by Gasteiger charge is 2.04. The second-order valence-corrected chi connectivity index (χ2v) is 2.42. The molecule has 0 aromatic carbocycles. The van der Waals surface area contributed by atoms with Gasteiger partial charge in [0.2, 0.25) is 0 Å². The zero-order valence-corrected chi connectivity index (χ0v) is 8.32. The third-order valence-electron chi connectivity index (χ3n) is 1.43. The second-order valence-electron chi connectivity index (χ2n) is 2.42. The first-order valence-electron chi connectivity index (χ1n) is 4.43. The predicted molar refractivity (Wildman–Crippen MR) is 53.0 cm³/mol. The molecule has 0 aliphatic carbocycles. The van der Waals surface area contributed by atoms with Gasteiger partial charge in [0, 0.05) is 12.8 Å². The van der Waals surface area contributed by atoms with Gasteiger partial charge in [-0.05, 0) is 19.4 Å². The number of rotatable bonds is 6. The summed E-state index contributed by atoms with van der Waals surface area (Å²) in [6, 6.07) is 0. The van der Waals surface area contributed by atoms with E-state index in [9.17, 15) is 4.79 Å². The summed E-state index contributed by atoms with van der Waals surface area (Å²) in [5.74, 6) is -0.0923. The Morgan fingerprint density at radius 2 is 2.23 bits per heavy atom. The summed E-state index contributed by atoms with van der Waals surface area (Å²) in [6.45, 7) is 8.26. The summed E-state index contributed by atoms with van der Waals surface area (Å²) >= 11 is 0. The molecule has 0 aromatic heterocycles. The number of hydrogen-bond acceptors (Lipinski definition) is 2. The fourth-order valence-electron chi connectivity index (χ4n) is 0.710. The first-order chi connectivity index (χ1) is 6.26. The van der Waals surface area contributed by atoms with Crippen molar-refractivity contribution < 1.29 is 9.53 Å². The van der Waals surface area contributed by atoms with Gasteiger partial charge in [-0.1, -0.05) is 19.6 Å². The van der Waals surface area contributed by atoms with Crippen molar-refractivity contribution in [3.05, 3.63) is 24.9 Å². The smallest absolute Gasteiger partial charge is 0.252 e. The average molecular weight is 183 g/mol. The van der Waals surface area contributed by atoms with E-state index in [1.807, 2.05) is 19.9 Å². The van der Waals surface area contributed by atoms with Crippen LogP contribution in [0.4, 0.5) is 0 Å². The lowest BCUT2D eigenvalue weighted by Crippen LogP contribution is -2.26. The van der Waals surface area contributed by atoms with E-state index in [-0.39, 0.29) is 12.6 Å². The van der Waals surface area contributed by atoms with Crippen LogP contribution >= 0.6 is 0 Å². The van der Waals surface area contributed by atoms with Crippen LogP contribution in [0.3, 0.4) is 0 Å². The minimum absolute atomic E-state index is 0.0923. The molecule has 0 atom stereocenters. The Kier molecular flexibility index (Phi) is 6.92. The zero-order valence-electron chi connectivity index (χ0n) is 8.32. The molecule has 0 radical (unpaired) electrons. The van der Waals surface area contributed by atoms with Gasteiger partial charge in [-0.2, -0.15) is 0 Å². The van der Waals surface area contributed by atoms with Gasteiger partial charge in [0.15, 0.2) is 0 Å². The normalized spacial score (nSPS) is 10.3. The molecule has 0 aromatic rings. The Morgan fingerprint density at radius 1 is 1.54 bits per heavy atom. The maximum absolute atomic E-state index is 11.3. The monoisotopic (exact) mass is 183 g/mol. The van der Waals surface area contributed by atoms with E-state index in [0.717, 1.165) is 6.42 Å². The van der Waals surface area contributed by atoms with Crippen LogP contribution in [0.1, 0.15) is 20.3 Å². The number of carbonyl (C=O) groups excluding carboxylic acids is 1. The predicted octanol–water partition coefficient (Wildman–Crippen LogP) is 1.92. The standard InChI is InChI=1S/C10H17NO2/c1-4-7-8-10(12)11(5-2)9-13-6-3/h5,7-8H,2,4,6,9H2,1,3H3/b8-7-. The highest BCUT2D eigenvalue weighted by atomic mass is 16.5. The largest absolute Gasteiger partial charge is 0.361 e. The molecule has 3 nitrogen and oxygen atoms in total. The molecular weight excluding hydrogens is 166 g/mol. The summed E-state index contributed by atoms with van der Waals surface area (Å²) < 4.78 is 5.09. The van der Waals surface area contributed by atoms with Crippen LogP contribution in [-0.2, 0) is 9.53 Å². The molecule has 0 unspecified atom stereocenters. The van der Waals surface area contributed by atoms with Crippen LogP contribution in [0.25, 0.3) is 0 Å². The van der Waals surface area contributed by atoms with Crippen molar-refractivity contribution in [1.29, 1.82) is 0 Å². The molecule has 0 saturated heterocycles. The molecule has 0 aliphatic rings. The molecule has 0 heterocycles.